The first-order chi connectivity index (χ1) is 7.81. The molecule has 1 amide bonds. The van der Waals surface area contributed by atoms with Gasteiger partial charge >= 0.3 is 0 Å². The maximum atomic E-state index is 11.6. The summed E-state index contributed by atoms with van der Waals surface area (Å²) in [6.45, 7) is 3.09. The molecule has 16 heavy (non-hydrogen) atoms. The van der Waals surface area contributed by atoms with E-state index in [0.717, 1.165) is 19.5 Å². The van der Waals surface area contributed by atoms with E-state index < -0.39 is 0 Å². The van der Waals surface area contributed by atoms with Crippen LogP contribution in [0.2, 0.25) is 0 Å². The Morgan fingerprint density at radius 2 is 2.31 bits per heavy atom. The van der Waals surface area contributed by atoms with E-state index in [4.69, 9.17) is 0 Å². The van der Waals surface area contributed by atoms with Crippen LogP contribution in [0.25, 0.3) is 0 Å². The predicted molar refractivity (Wildman–Crippen MR) is 64.3 cm³/mol. The highest BCUT2D eigenvalue weighted by molar-refractivity contribution is 5.76. The van der Waals surface area contributed by atoms with Crippen molar-refractivity contribution >= 4 is 5.91 Å². The summed E-state index contributed by atoms with van der Waals surface area (Å²) in [5.41, 5.74) is 0. The number of likely N-dealkylation sites (tertiary alicyclic amines) is 1. The topological polar surface area (TPSA) is 44.4 Å². The van der Waals surface area contributed by atoms with Crippen LogP contribution in [0.5, 0.6) is 0 Å². The van der Waals surface area contributed by atoms with Crippen LogP contribution in [0.15, 0.2) is 0 Å². The second-order valence-electron chi connectivity index (χ2n) is 4.94. The van der Waals surface area contributed by atoms with Crippen LogP contribution in [0.3, 0.4) is 0 Å². The quantitative estimate of drug-likeness (QED) is 0.728. The lowest BCUT2D eigenvalue weighted by Crippen LogP contribution is -2.44. The minimum atomic E-state index is 0.234. The van der Waals surface area contributed by atoms with E-state index in [1.807, 2.05) is 7.05 Å². The van der Waals surface area contributed by atoms with E-state index in [0.29, 0.717) is 18.5 Å². The molecule has 4 nitrogen and oxygen atoms in total. The summed E-state index contributed by atoms with van der Waals surface area (Å²) < 4.78 is 0. The van der Waals surface area contributed by atoms with Gasteiger partial charge in [0.05, 0.1) is 0 Å². The summed E-state index contributed by atoms with van der Waals surface area (Å²) in [6.07, 6.45) is 5.54. The first-order valence-electron chi connectivity index (χ1n) is 6.48. The van der Waals surface area contributed by atoms with Gasteiger partial charge in [0.25, 0.3) is 0 Å². The first-order valence-corrected chi connectivity index (χ1v) is 6.48. The molecule has 0 aliphatic carbocycles. The van der Waals surface area contributed by atoms with Gasteiger partial charge in [0.15, 0.2) is 0 Å². The van der Waals surface area contributed by atoms with E-state index >= 15 is 0 Å². The third kappa shape index (κ3) is 2.74. The molecule has 0 aromatic heterocycles. The van der Waals surface area contributed by atoms with Crippen molar-refractivity contribution in [2.24, 2.45) is 0 Å². The summed E-state index contributed by atoms with van der Waals surface area (Å²) >= 11 is 0. The van der Waals surface area contributed by atoms with Gasteiger partial charge in [0.1, 0.15) is 0 Å². The molecule has 2 N–H and O–H groups in total. The highest BCUT2D eigenvalue weighted by Gasteiger charge is 2.31. The van der Waals surface area contributed by atoms with Crippen LogP contribution in [0, 0.1) is 0 Å². The second kappa shape index (κ2) is 5.64. The van der Waals surface area contributed by atoms with Crippen molar-refractivity contribution in [1.82, 2.24) is 15.5 Å². The molecule has 2 unspecified atom stereocenters. The van der Waals surface area contributed by atoms with Crippen molar-refractivity contribution in [2.45, 2.75) is 44.2 Å². The van der Waals surface area contributed by atoms with Crippen molar-refractivity contribution < 1.29 is 4.79 Å². The molecular formula is C12H23N3O. The monoisotopic (exact) mass is 225 g/mol. The van der Waals surface area contributed by atoms with Crippen LogP contribution < -0.4 is 10.6 Å². The van der Waals surface area contributed by atoms with E-state index in [-0.39, 0.29) is 5.91 Å². The Kier molecular flexibility index (Phi) is 4.18. The molecule has 2 saturated heterocycles. The van der Waals surface area contributed by atoms with E-state index in [9.17, 15) is 4.79 Å². The number of amides is 1. The Labute approximate surface area is 97.8 Å². The maximum Gasteiger partial charge on any atom is 0.221 e. The minimum Gasteiger partial charge on any atom is -0.356 e. The molecule has 0 bridgehead atoms. The molecule has 92 valence electrons. The van der Waals surface area contributed by atoms with Crippen LogP contribution in [-0.4, -0.2) is 49.6 Å². The number of carbonyl (C=O) groups excluding carboxylic acids is 1. The van der Waals surface area contributed by atoms with Gasteiger partial charge < -0.3 is 10.6 Å². The highest BCUT2D eigenvalue weighted by atomic mass is 16.1. The Morgan fingerprint density at radius 3 is 3.12 bits per heavy atom. The van der Waals surface area contributed by atoms with Gasteiger partial charge in [0.2, 0.25) is 5.91 Å². The van der Waals surface area contributed by atoms with Crippen LogP contribution in [-0.2, 0) is 4.79 Å². The van der Waals surface area contributed by atoms with Gasteiger partial charge in [-0.25, -0.2) is 0 Å². The standard InChI is InChI=1S/C12H23N3O/c1-13-9-11-5-3-7-15(11)10-4-2-6-14-12(16)8-10/h10-11,13H,2-9H2,1H3,(H,14,16). The SMILES string of the molecule is CNCC1CCCN1C1CCCNC(=O)C1. The fourth-order valence-corrected chi connectivity index (χ4v) is 3.03. The molecule has 2 aliphatic heterocycles. The Hall–Kier alpha value is -0.610. The largest absolute Gasteiger partial charge is 0.356 e. The molecule has 2 rings (SSSR count). The molecule has 0 aromatic rings. The molecule has 4 heteroatoms. The molecule has 0 saturated carbocycles. The minimum absolute atomic E-state index is 0.234. The van der Waals surface area contributed by atoms with E-state index in [2.05, 4.69) is 15.5 Å². The van der Waals surface area contributed by atoms with Crippen molar-refractivity contribution in [3.05, 3.63) is 0 Å². The lowest BCUT2D eigenvalue weighted by molar-refractivity contribution is -0.121. The molecule has 0 spiro atoms. The molecular weight excluding hydrogens is 202 g/mol. The van der Waals surface area contributed by atoms with Crippen LogP contribution in [0.4, 0.5) is 0 Å². The Balaban J connectivity index is 1.95. The maximum absolute atomic E-state index is 11.6. The molecule has 0 radical (unpaired) electrons. The normalized spacial score (nSPS) is 32.4. The van der Waals surface area contributed by atoms with E-state index in [1.54, 1.807) is 0 Å². The zero-order chi connectivity index (χ0) is 11.4. The lowest BCUT2D eigenvalue weighted by Gasteiger charge is -2.31. The third-order valence-corrected chi connectivity index (χ3v) is 3.79. The summed E-state index contributed by atoms with van der Waals surface area (Å²) in [6, 6.07) is 1.12. The average molecular weight is 225 g/mol. The number of nitrogens with one attached hydrogen (secondary N) is 2. The number of rotatable bonds is 3. The zero-order valence-corrected chi connectivity index (χ0v) is 10.2. The van der Waals surface area contributed by atoms with E-state index in [1.165, 1.54) is 25.8 Å². The number of nitrogens with zero attached hydrogens (tertiary/aromatic N) is 1. The molecule has 0 aromatic carbocycles. The third-order valence-electron chi connectivity index (χ3n) is 3.79. The zero-order valence-electron chi connectivity index (χ0n) is 10.2. The van der Waals surface area contributed by atoms with Crippen molar-refractivity contribution in [3.63, 3.8) is 0 Å². The highest BCUT2D eigenvalue weighted by Crippen LogP contribution is 2.24. The number of hydrogen-bond donors (Lipinski definition) is 2. The van der Waals surface area contributed by atoms with Crippen molar-refractivity contribution in [1.29, 1.82) is 0 Å². The fourth-order valence-electron chi connectivity index (χ4n) is 3.03. The van der Waals surface area contributed by atoms with Gasteiger partial charge in [-0.15, -0.1) is 0 Å². The molecule has 2 fully saturated rings. The van der Waals surface area contributed by atoms with Crippen LogP contribution >= 0.6 is 0 Å². The van der Waals surface area contributed by atoms with Crippen molar-refractivity contribution in [2.75, 3.05) is 26.7 Å². The lowest BCUT2D eigenvalue weighted by atomic mass is 10.1. The number of hydrogen-bond acceptors (Lipinski definition) is 3. The molecule has 2 heterocycles. The fraction of sp³-hybridized carbons (Fsp3) is 0.917. The summed E-state index contributed by atoms with van der Waals surface area (Å²) in [5.74, 6) is 0.234. The van der Waals surface area contributed by atoms with Crippen LogP contribution in [0.1, 0.15) is 32.1 Å². The first kappa shape index (κ1) is 11.9. The van der Waals surface area contributed by atoms with Crippen molar-refractivity contribution in [3.8, 4) is 0 Å². The smallest absolute Gasteiger partial charge is 0.221 e. The Morgan fingerprint density at radius 1 is 1.44 bits per heavy atom. The molecule has 2 aliphatic rings. The van der Waals surface area contributed by atoms with Gasteiger partial charge in [-0.1, -0.05) is 0 Å². The van der Waals surface area contributed by atoms with Gasteiger partial charge in [-0.2, -0.15) is 0 Å². The summed E-state index contributed by atoms with van der Waals surface area (Å²) in [4.78, 5) is 14.1. The second-order valence-corrected chi connectivity index (χ2v) is 4.94. The van der Waals surface area contributed by atoms with Gasteiger partial charge in [-0.05, 0) is 39.3 Å². The van der Waals surface area contributed by atoms with Gasteiger partial charge in [-0.3, -0.25) is 9.69 Å². The number of likely N-dealkylation sites (N-methyl/N-ethyl adjacent to an activating group) is 1. The Bertz CT molecular complexity index is 244. The average Bonchev–Trinajstić information content (AvgIpc) is 2.61. The summed E-state index contributed by atoms with van der Waals surface area (Å²) in [5, 5.41) is 6.23. The van der Waals surface area contributed by atoms with Gasteiger partial charge in [0, 0.05) is 31.6 Å². The molecule has 2 atom stereocenters. The number of carbonyl (C=O) groups is 1. The summed E-state index contributed by atoms with van der Waals surface area (Å²) in [7, 11) is 2.01. The predicted octanol–water partition coefficient (Wildman–Crippen LogP) is 0.339.